The first-order chi connectivity index (χ1) is 11.4. The molecule has 0 aromatic heterocycles. The van der Waals surface area contributed by atoms with Gasteiger partial charge in [-0.2, -0.15) is 8.42 Å². The molecule has 0 fully saturated rings. The molecule has 2 aromatic rings. The molecule has 0 unspecified atom stereocenters. The van der Waals surface area contributed by atoms with E-state index in [4.69, 9.17) is 8.92 Å². The number of benzene rings is 2. The maximum atomic E-state index is 12.1. The fourth-order valence-electron chi connectivity index (χ4n) is 1.90. The molecule has 128 valence electrons. The lowest BCUT2D eigenvalue weighted by atomic mass is 10.2. The van der Waals surface area contributed by atoms with Crippen LogP contribution in [0.2, 0.25) is 0 Å². The van der Waals surface area contributed by atoms with Crippen molar-refractivity contribution in [3.05, 3.63) is 65.7 Å². The largest absolute Gasteiger partial charge is 0.462 e. The van der Waals surface area contributed by atoms with Gasteiger partial charge in [-0.05, 0) is 31.2 Å². The standard InChI is InChI=1S/C18H20O5S/c1-14-8-10-17(11-9-14)24(20,21)23-13-15(2)12-22-18(19)16-6-4-3-5-7-16/h3-11,15H,12-13H2,1-2H3/t15-/m1/s1. The highest BCUT2D eigenvalue weighted by Gasteiger charge is 2.17. The van der Waals surface area contributed by atoms with E-state index >= 15 is 0 Å². The van der Waals surface area contributed by atoms with Crippen molar-refractivity contribution >= 4 is 16.1 Å². The van der Waals surface area contributed by atoms with E-state index in [1.807, 2.05) is 13.0 Å². The summed E-state index contributed by atoms with van der Waals surface area (Å²) < 4.78 is 34.4. The molecule has 0 bridgehead atoms. The third-order valence-corrected chi connectivity index (χ3v) is 4.62. The minimum Gasteiger partial charge on any atom is -0.462 e. The average molecular weight is 348 g/mol. The Kier molecular flexibility index (Phi) is 6.11. The molecule has 0 aliphatic rings. The zero-order valence-electron chi connectivity index (χ0n) is 13.6. The van der Waals surface area contributed by atoms with Crippen molar-refractivity contribution in [3.63, 3.8) is 0 Å². The Morgan fingerprint density at radius 3 is 2.25 bits per heavy atom. The molecule has 24 heavy (non-hydrogen) atoms. The van der Waals surface area contributed by atoms with Crippen LogP contribution in [0.4, 0.5) is 0 Å². The molecule has 0 saturated heterocycles. The van der Waals surface area contributed by atoms with Crippen LogP contribution in [-0.2, 0) is 19.0 Å². The van der Waals surface area contributed by atoms with Crippen molar-refractivity contribution in [3.8, 4) is 0 Å². The molecule has 0 N–H and O–H groups in total. The van der Waals surface area contributed by atoms with E-state index in [0.29, 0.717) is 5.56 Å². The summed E-state index contributed by atoms with van der Waals surface area (Å²) >= 11 is 0. The van der Waals surface area contributed by atoms with Crippen LogP contribution in [0.25, 0.3) is 0 Å². The topological polar surface area (TPSA) is 69.7 Å². The van der Waals surface area contributed by atoms with E-state index in [1.165, 1.54) is 12.1 Å². The van der Waals surface area contributed by atoms with Crippen molar-refractivity contribution in [1.82, 2.24) is 0 Å². The summed E-state index contributed by atoms with van der Waals surface area (Å²) in [6.07, 6.45) is 0. The Morgan fingerprint density at radius 2 is 1.62 bits per heavy atom. The van der Waals surface area contributed by atoms with E-state index in [-0.39, 0.29) is 24.0 Å². The second-order valence-corrected chi connectivity index (χ2v) is 7.24. The van der Waals surface area contributed by atoms with Crippen LogP contribution >= 0.6 is 0 Å². The Bertz CT molecular complexity index is 767. The van der Waals surface area contributed by atoms with Crippen LogP contribution in [0.5, 0.6) is 0 Å². The SMILES string of the molecule is Cc1ccc(S(=O)(=O)OC[C@H](C)COC(=O)c2ccccc2)cc1. The summed E-state index contributed by atoms with van der Waals surface area (Å²) in [5.74, 6) is -0.693. The number of aryl methyl sites for hydroxylation is 1. The van der Waals surface area contributed by atoms with Gasteiger partial charge in [-0.1, -0.05) is 42.8 Å². The van der Waals surface area contributed by atoms with Gasteiger partial charge in [0.2, 0.25) is 0 Å². The molecular formula is C18H20O5S. The Hall–Kier alpha value is -2.18. The molecule has 0 heterocycles. The number of hydrogen-bond acceptors (Lipinski definition) is 5. The zero-order chi connectivity index (χ0) is 17.6. The van der Waals surface area contributed by atoms with Gasteiger partial charge >= 0.3 is 5.97 Å². The number of carbonyl (C=O) groups is 1. The molecular weight excluding hydrogens is 328 g/mol. The van der Waals surface area contributed by atoms with Gasteiger partial charge < -0.3 is 4.74 Å². The van der Waals surface area contributed by atoms with Gasteiger partial charge in [-0.3, -0.25) is 4.18 Å². The second-order valence-electron chi connectivity index (χ2n) is 5.62. The summed E-state index contributed by atoms with van der Waals surface area (Å²) in [6.45, 7) is 3.65. The summed E-state index contributed by atoms with van der Waals surface area (Å²) in [6, 6.07) is 15.0. The van der Waals surface area contributed by atoms with Gasteiger partial charge in [0.1, 0.15) is 0 Å². The first-order valence-electron chi connectivity index (χ1n) is 7.57. The maximum Gasteiger partial charge on any atom is 0.338 e. The smallest absolute Gasteiger partial charge is 0.338 e. The zero-order valence-corrected chi connectivity index (χ0v) is 14.5. The quantitative estimate of drug-likeness (QED) is 0.568. The van der Waals surface area contributed by atoms with Gasteiger partial charge in [-0.25, -0.2) is 4.79 Å². The highest BCUT2D eigenvalue weighted by molar-refractivity contribution is 7.86. The summed E-state index contributed by atoms with van der Waals surface area (Å²) in [7, 11) is -3.80. The van der Waals surface area contributed by atoms with Crippen LogP contribution in [0.1, 0.15) is 22.8 Å². The minimum absolute atomic E-state index is 0.0573. The number of esters is 1. The summed E-state index contributed by atoms with van der Waals surface area (Å²) in [4.78, 5) is 11.9. The van der Waals surface area contributed by atoms with Gasteiger partial charge in [0, 0.05) is 5.92 Å². The van der Waals surface area contributed by atoms with E-state index in [2.05, 4.69) is 0 Å². The summed E-state index contributed by atoms with van der Waals surface area (Å²) in [5, 5.41) is 0. The summed E-state index contributed by atoms with van der Waals surface area (Å²) in [5.41, 5.74) is 1.42. The Balaban J connectivity index is 1.83. The molecule has 0 aliphatic heterocycles. The van der Waals surface area contributed by atoms with Gasteiger partial charge in [0.25, 0.3) is 10.1 Å². The molecule has 0 spiro atoms. The van der Waals surface area contributed by atoms with Crippen LogP contribution in [0.15, 0.2) is 59.5 Å². The molecule has 0 aliphatic carbocycles. The number of ether oxygens (including phenoxy) is 1. The Morgan fingerprint density at radius 1 is 1.00 bits per heavy atom. The highest BCUT2D eigenvalue weighted by Crippen LogP contribution is 2.14. The monoisotopic (exact) mass is 348 g/mol. The molecule has 2 rings (SSSR count). The van der Waals surface area contributed by atoms with Crippen LogP contribution < -0.4 is 0 Å². The van der Waals surface area contributed by atoms with Gasteiger partial charge in [-0.15, -0.1) is 0 Å². The number of rotatable bonds is 7. The van der Waals surface area contributed by atoms with Crippen LogP contribution in [-0.4, -0.2) is 27.6 Å². The normalized spacial score (nSPS) is 12.6. The molecule has 5 nitrogen and oxygen atoms in total. The van der Waals surface area contributed by atoms with E-state index in [9.17, 15) is 13.2 Å². The lowest BCUT2D eigenvalue weighted by molar-refractivity contribution is 0.0418. The Labute approximate surface area is 142 Å². The average Bonchev–Trinajstić information content (AvgIpc) is 2.59. The van der Waals surface area contributed by atoms with E-state index in [1.54, 1.807) is 43.3 Å². The number of carbonyl (C=O) groups excluding carboxylic acids is 1. The minimum atomic E-state index is -3.80. The van der Waals surface area contributed by atoms with Gasteiger partial charge in [0.05, 0.1) is 23.7 Å². The lowest BCUT2D eigenvalue weighted by Gasteiger charge is -2.13. The first-order valence-corrected chi connectivity index (χ1v) is 8.97. The van der Waals surface area contributed by atoms with Gasteiger partial charge in [0.15, 0.2) is 0 Å². The molecule has 2 aromatic carbocycles. The highest BCUT2D eigenvalue weighted by atomic mass is 32.2. The van der Waals surface area contributed by atoms with Crippen molar-refractivity contribution in [2.45, 2.75) is 18.7 Å². The fourth-order valence-corrected chi connectivity index (χ4v) is 2.92. The lowest BCUT2D eigenvalue weighted by Crippen LogP contribution is -2.19. The van der Waals surface area contributed by atoms with Crippen molar-refractivity contribution < 1.29 is 22.1 Å². The molecule has 6 heteroatoms. The van der Waals surface area contributed by atoms with Crippen molar-refractivity contribution in [2.75, 3.05) is 13.2 Å². The van der Waals surface area contributed by atoms with Crippen LogP contribution in [0.3, 0.4) is 0 Å². The predicted molar refractivity (Wildman–Crippen MR) is 90.2 cm³/mol. The maximum absolute atomic E-state index is 12.1. The molecule has 0 amide bonds. The second kappa shape index (κ2) is 8.08. The molecule has 0 radical (unpaired) electrons. The molecule has 1 atom stereocenters. The van der Waals surface area contributed by atoms with Crippen molar-refractivity contribution in [2.24, 2.45) is 5.92 Å². The molecule has 0 saturated carbocycles. The first kappa shape index (κ1) is 18.2. The number of hydrogen-bond donors (Lipinski definition) is 0. The third-order valence-electron chi connectivity index (χ3n) is 3.33. The fraction of sp³-hybridized carbons (Fsp3) is 0.278. The third kappa shape index (κ3) is 5.18. The van der Waals surface area contributed by atoms with Crippen LogP contribution in [0, 0.1) is 12.8 Å². The van der Waals surface area contributed by atoms with E-state index < -0.39 is 16.1 Å². The van der Waals surface area contributed by atoms with E-state index in [0.717, 1.165) is 5.56 Å². The predicted octanol–water partition coefficient (Wildman–Crippen LogP) is 3.19. The van der Waals surface area contributed by atoms with Crippen molar-refractivity contribution in [1.29, 1.82) is 0 Å².